The number of nitrogens with zero attached hydrogens (tertiary/aromatic N) is 2. The first-order chi connectivity index (χ1) is 12.7. The zero-order valence-electron chi connectivity index (χ0n) is 14.1. The molecular formula is C15H18Cl3FeI3N4O-2. The Hall–Kier alpha value is 1.60. The molecular weight excluding hydrogens is 795 g/mol. The van der Waals surface area contributed by atoms with Crippen LogP contribution in [0.1, 0.15) is 22.8 Å². The number of hydrogen-bond acceptors (Lipinski definition) is 5. The summed E-state index contributed by atoms with van der Waals surface area (Å²) < 4.78 is 5.33. The molecule has 3 heterocycles. The number of hydrogen-bond donors (Lipinski definition) is 2. The third kappa shape index (κ3) is 12.8. The predicted molar refractivity (Wildman–Crippen MR) is 116 cm³/mol. The average molecular weight is 813 g/mol. The van der Waals surface area contributed by atoms with Gasteiger partial charge < -0.3 is 27.8 Å². The van der Waals surface area contributed by atoms with E-state index < -0.39 is 0 Å². The zero-order chi connectivity index (χ0) is 19.2. The van der Waals surface area contributed by atoms with Crippen molar-refractivity contribution in [3.63, 3.8) is 0 Å². The van der Waals surface area contributed by atoms with E-state index in [1.54, 1.807) is 7.11 Å². The number of halogens is 6. The van der Waals surface area contributed by atoms with Gasteiger partial charge >= 0.3 is 83.8 Å². The SMILES string of the molecule is COc1cc2nc(c1)CNCc1cccc(n1)CNC2.I[I-]I.[Cl-].[Cl][Fe][Cl]. The Bertz CT molecular complexity index is 616. The van der Waals surface area contributed by atoms with Crippen molar-refractivity contribution in [1.29, 1.82) is 0 Å². The van der Waals surface area contributed by atoms with Gasteiger partial charge in [-0.15, -0.1) is 0 Å². The van der Waals surface area contributed by atoms with Crippen molar-refractivity contribution in [1.82, 2.24) is 20.6 Å². The Kier molecular flexibility index (Phi) is 19.5. The third-order valence-electron chi connectivity index (χ3n) is 3.23. The van der Waals surface area contributed by atoms with Gasteiger partial charge in [0, 0.05) is 38.3 Å². The van der Waals surface area contributed by atoms with Gasteiger partial charge in [-0.1, -0.05) is 6.07 Å². The van der Waals surface area contributed by atoms with Crippen LogP contribution in [0.3, 0.4) is 0 Å². The molecule has 156 valence electrons. The molecule has 4 bridgehead atoms. The van der Waals surface area contributed by atoms with Crippen molar-refractivity contribution in [2.45, 2.75) is 26.2 Å². The van der Waals surface area contributed by atoms with Gasteiger partial charge in [-0.25, -0.2) is 0 Å². The number of rotatable bonds is 1. The van der Waals surface area contributed by atoms with Gasteiger partial charge in [0.2, 0.25) is 0 Å². The van der Waals surface area contributed by atoms with E-state index in [0.717, 1.165) is 41.6 Å². The van der Waals surface area contributed by atoms with Gasteiger partial charge in [0.25, 0.3) is 0 Å². The number of aromatic nitrogens is 2. The van der Waals surface area contributed by atoms with E-state index in [2.05, 4.69) is 57.8 Å². The Balaban J connectivity index is 0.000000860. The van der Waals surface area contributed by atoms with E-state index in [4.69, 9.17) is 24.9 Å². The summed E-state index contributed by atoms with van der Waals surface area (Å²) in [4.78, 5) is 9.23. The second-order valence-corrected chi connectivity index (χ2v) is 23.0. The molecule has 0 fully saturated rings. The molecule has 0 atom stereocenters. The molecule has 0 saturated carbocycles. The fraction of sp³-hybridized carbons (Fsp3) is 0.333. The summed E-state index contributed by atoms with van der Waals surface area (Å²) >= 11 is 5.49. The Labute approximate surface area is 210 Å². The summed E-state index contributed by atoms with van der Waals surface area (Å²) in [6.07, 6.45) is 0. The average Bonchev–Trinajstić information content (AvgIpc) is 2.63. The van der Waals surface area contributed by atoms with Crippen molar-refractivity contribution < 1.29 is 43.5 Å². The molecule has 0 spiro atoms. The number of methoxy groups -OCH3 is 1. The molecule has 5 nitrogen and oxygen atoms in total. The summed E-state index contributed by atoms with van der Waals surface area (Å²) in [5.41, 5.74) is 4.07. The van der Waals surface area contributed by atoms with Gasteiger partial charge in [-0.05, 0) is 12.1 Å². The molecule has 3 rings (SSSR count). The summed E-state index contributed by atoms with van der Waals surface area (Å²) in [5.74, 6) is 0.849. The first-order valence-corrected chi connectivity index (χ1v) is 22.9. The monoisotopic (exact) mass is 812 g/mol. The standard InChI is InChI=1S/C15H18N4O.3ClH.Fe.I3/c1-20-15-5-13-9-16-7-11-3-2-4-12(18-11)8-17-10-14(6-15)19-13;;;;;1-3-2/h2-6,16-17H,7-10H2,1H3;3*1H;;/q;;;;+2;-1/p-3. The van der Waals surface area contributed by atoms with E-state index in [0.29, 0.717) is 26.3 Å². The number of ether oxygens (including phenoxy) is 1. The molecule has 0 radical (unpaired) electrons. The Morgan fingerprint density at radius 2 is 1.33 bits per heavy atom. The van der Waals surface area contributed by atoms with Crippen molar-refractivity contribution in [3.8, 4) is 5.75 Å². The molecule has 2 aromatic heterocycles. The minimum absolute atomic E-state index is 0. The zero-order valence-corrected chi connectivity index (χ0v) is 24.0. The first-order valence-electron chi connectivity index (χ1n) is 7.29. The molecule has 0 amide bonds. The number of nitrogens with one attached hydrogen (secondary N) is 2. The molecule has 0 aliphatic carbocycles. The Morgan fingerprint density at radius 1 is 0.963 bits per heavy atom. The molecule has 2 N–H and O–H groups in total. The normalized spacial score (nSPS) is 12.8. The fourth-order valence-electron chi connectivity index (χ4n) is 2.28. The maximum absolute atomic E-state index is 5.33. The molecule has 0 unspecified atom stereocenters. The number of pyridine rings is 2. The van der Waals surface area contributed by atoms with E-state index >= 15 is 0 Å². The van der Waals surface area contributed by atoms with Crippen LogP contribution in [0.4, 0.5) is 0 Å². The summed E-state index contributed by atoms with van der Waals surface area (Å²) in [5, 5.41) is 6.74. The quantitative estimate of drug-likeness (QED) is 0.273. The summed E-state index contributed by atoms with van der Waals surface area (Å²) in [6, 6.07) is 10.0. The molecule has 0 saturated heterocycles. The van der Waals surface area contributed by atoms with Crippen LogP contribution >= 0.6 is 57.4 Å². The van der Waals surface area contributed by atoms with Crippen molar-refractivity contribution in [3.05, 3.63) is 53.1 Å². The Morgan fingerprint density at radius 3 is 1.74 bits per heavy atom. The predicted octanol–water partition coefficient (Wildman–Crippen LogP) is -1.47. The van der Waals surface area contributed by atoms with Crippen LogP contribution in [-0.4, -0.2) is 17.1 Å². The van der Waals surface area contributed by atoms with E-state index in [1.807, 2.05) is 30.3 Å². The van der Waals surface area contributed by atoms with E-state index in [1.165, 1.54) is 0 Å². The minimum atomic E-state index is 0. The first kappa shape index (κ1) is 28.6. The van der Waals surface area contributed by atoms with Crippen LogP contribution < -0.4 is 41.0 Å². The third-order valence-corrected chi connectivity index (χ3v) is 3.23. The molecule has 1 aliphatic rings. The fourth-order valence-corrected chi connectivity index (χ4v) is 2.28. The van der Waals surface area contributed by atoms with Gasteiger partial charge in [0.15, 0.2) is 0 Å². The van der Waals surface area contributed by atoms with Crippen molar-refractivity contribution in [2.75, 3.05) is 7.11 Å². The molecule has 27 heavy (non-hydrogen) atoms. The van der Waals surface area contributed by atoms with Crippen LogP contribution in [0.25, 0.3) is 0 Å². The summed E-state index contributed by atoms with van der Waals surface area (Å²) in [7, 11) is 11.2. The van der Waals surface area contributed by atoms with Gasteiger partial charge in [-0.2, -0.15) is 0 Å². The van der Waals surface area contributed by atoms with Crippen LogP contribution in [0, 0.1) is 0 Å². The van der Waals surface area contributed by atoms with Crippen LogP contribution in [-0.2, 0) is 39.3 Å². The van der Waals surface area contributed by atoms with Crippen LogP contribution in [0.5, 0.6) is 5.75 Å². The van der Waals surface area contributed by atoms with Crippen molar-refractivity contribution >= 4 is 57.4 Å². The molecule has 12 heteroatoms. The van der Waals surface area contributed by atoms with E-state index in [-0.39, 0.29) is 25.5 Å². The molecule has 1 aliphatic heterocycles. The van der Waals surface area contributed by atoms with Crippen molar-refractivity contribution in [2.24, 2.45) is 0 Å². The number of fused-ring (bicyclic) bond motifs is 4. The molecule has 2 aromatic rings. The van der Waals surface area contributed by atoms with Crippen LogP contribution in [0.2, 0.25) is 0 Å². The summed E-state index contributed by atoms with van der Waals surface area (Å²) in [6.45, 7) is 2.89. The van der Waals surface area contributed by atoms with E-state index in [9.17, 15) is 0 Å². The van der Waals surface area contributed by atoms with Gasteiger partial charge in [-0.3, -0.25) is 9.97 Å². The maximum atomic E-state index is 5.33. The van der Waals surface area contributed by atoms with Gasteiger partial charge in [0.05, 0.1) is 29.9 Å². The molecule has 0 aromatic carbocycles. The van der Waals surface area contributed by atoms with Gasteiger partial charge in [0.1, 0.15) is 5.75 Å². The second-order valence-electron chi connectivity index (χ2n) is 4.92. The second kappa shape index (κ2) is 18.4. The van der Waals surface area contributed by atoms with Crippen LogP contribution in [0.15, 0.2) is 30.3 Å². The topological polar surface area (TPSA) is 59.1 Å².